The molecular formula is C18H20N4O3S. The van der Waals surface area contributed by atoms with Crippen LogP contribution in [-0.4, -0.2) is 39.0 Å². The molecule has 0 unspecified atom stereocenters. The molecule has 0 radical (unpaired) electrons. The highest BCUT2D eigenvalue weighted by atomic mass is 32.1. The van der Waals surface area contributed by atoms with E-state index in [1.54, 1.807) is 13.8 Å². The Bertz CT molecular complexity index is 960. The Kier molecular flexibility index (Phi) is 4.69. The van der Waals surface area contributed by atoms with Gasteiger partial charge < -0.3 is 15.7 Å². The molecule has 0 fully saturated rings. The number of carboxylic acid groups (broad SMARTS) is 1. The van der Waals surface area contributed by atoms with Gasteiger partial charge in [-0.05, 0) is 39.0 Å². The summed E-state index contributed by atoms with van der Waals surface area (Å²) in [4.78, 5) is 24.8. The zero-order valence-electron chi connectivity index (χ0n) is 14.7. The molecule has 7 nitrogen and oxygen atoms in total. The van der Waals surface area contributed by atoms with E-state index >= 15 is 0 Å². The van der Waals surface area contributed by atoms with Crippen LogP contribution in [0.1, 0.15) is 29.2 Å². The quantitative estimate of drug-likeness (QED) is 0.641. The highest BCUT2D eigenvalue weighted by Gasteiger charge is 2.24. The summed E-state index contributed by atoms with van der Waals surface area (Å²) in [7, 11) is 0. The van der Waals surface area contributed by atoms with Crippen molar-refractivity contribution >= 4 is 33.6 Å². The lowest BCUT2D eigenvalue weighted by molar-refractivity contribution is 0.0915. The predicted molar refractivity (Wildman–Crippen MR) is 101 cm³/mol. The van der Waals surface area contributed by atoms with Crippen molar-refractivity contribution < 1.29 is 14.7 Å². The third-order valence-electron chi connectivity index (χ3n) is 3.90. The van der Waals surface area contributed by atoms with Gasteiger partial charge in [-0.3, -0.25) is 4.79 Å². The van der Waals surface area contributed by atoms with Crippen molar-refractivity contribution in [3.63, 3.8) is 0 Å². The van der Waals surface area contributed by atoms with Crippen molar-refractivity contribution in [1.29, 1.82) is 0 Å². The van der Waals surface area contributed by atoms with Crippen LogP contribution in [0, 0.1) is 6.92 Å². The topological polar surface area (TPSA) is 96.3 Å². The van der Waals surface area contributed by atoms with Crippen molar-refractivity contribution in [3.8, 4) is 5.69 Å². The molecule has 0 aliphatic heterocycles. The predicted octanol–water partition coefficient (Wildman–Crippen LogP) is 3.17. The van der Waals surface area contributed by atoms with Gasteiger partial charge in [-0.2, -0.15) is 5.10 Å². The fraction of sp³-hybridized carbons (Fsp3) is 0.278. The second-order valence-corrected chi connectivity index (χ2v) is 7.69. The third kappa shape index (κ3) is 3.70. The van der Waals surface area contributed by atoms with E-state index in [1.165, 1.54) is 11.3 Å². The normalized spacial score (nSPS) is 11.5. The van der Waals surface area contributed by atoms with Crippen LogP contribution in [0.25, 0.3) is 15.9 Å². The van der Waals surface area contributed by atoms with E-state index in [1.807, 2.05) is 48.0 Å². The van der Waals surface area contributed by atoms with Crippen LogP contribution < -0.4 is 10.6 Å². The molecule has 3 N–H and O–H groups in total. The summed E-state index contributed by atoms with van der Waals surface area (Å²) in [6.07, 6.45) is -1.12. The molecular weight excluding hydrogens is 352 g/mol. The molecule has 2 heterocycles. The summed E-state index contributed by atoms with van der Waals surface area (Å²) >= 11 is 1.36. The number of carbonyl (C=O) groups excluding carboxylic acids is 1. The first-order valence-corrected chi connectivity index (χ1v) is 8.92. The number of amides is 2. The highest BCUT2D eigenvalue weighted by molar-refractivity contribution is 7.20. The van der Waals surface area contributed by atoms with E-state index in [-0.39, 0.29) is 12.5 Å². The maximum absolute atomic E-state index is 12.6. The molecule has 0 atom stereocenters. The molecule has 1 aromatic carbocycles. The first kappa shape index (κ1) is 17.9. The molecule has 0 aliphatic rings. The Morgan fingerprint density at radius 3 is 2.62 bits per heavy atom. The fourth-order valence-corrected chi connectivity index (χ4v) is 3.69. The van der Waals surface area contributed by atoms with Gasteiger partial charge in [0.2, 0.25) is 0 Å². The number of nitrogens with zero attached hydrogens (tertiary/aromatic N) is 2. The summed E-state index contributed by atoms with van der Waals surface area (Å²) < 4.78 is 1.84. The van der Waals surface area contributed by atoms with Gasteiger partial charge in [0.25, 0.3) is 5.91 Å². The number of carbonyl (C=O) groups is 2. The molecule has 0 aliphatic carbocycles. The van der Waals surface area contributed by atoms with E-state index in [4.69, 9.17) is 5.11 Å². The Hall–Kier alpha value is -2.87. The Morgan fingerprint density at radius 2 is 1.96 bits per heavy atom. The summed E-state index contributed by atoms with van der Waals surface area (Å²) in [5.74, 6) is -0.234. The van der Waals surface area contributed by atoms with E-state index in [0.29, 0.717) is 4.88 Å². The number of nitrogens with one attached hydrogen (secondary N) is 2. The molecule has 3 rings (SSSR count). The Labute approximate surface area is 154 Å². The van der Waals surface area contributed by atoms with Crippen LogP contribution in [0.4, 0.5) is 4.79 Å². The van der Waals surface area contributed by atoms with Crippen molar-refractivity contribution in [2.24, 2.45) is 0 Å². The monoisotopic (exact) mass is 372 g/mol. The molecule has 26 heavy (non-hydrogen) atoms. The minimum absolute atomic E-state index is 0.121. The molecule has 8 heteroatoms. The highest BCUT2D eigenvalue weighted by Crippen LogP contribution is 2.30. The van der Waals surface area contributed by atoms with Crippen LogP contribution in [-0.2, 0) is 0 Å². The summed E-state index contributed by atoms with van der Waals surface area (Å²) in [5, 5.41) is 19.4. The van der Waals surface area contributed by atoms with Crippen LogP contribution in [0.15, 0.2) is 36.4 Å². The van der Waals surface area contributed by atoms with Gasteiger partial charge in [-0.15, -0.1) is 11.3 Å². The standard InChI is InChI=1S/C18H20N4O3S/c1-11-13-9-14(15(23)20-18(2,3)10-19-17(24)25)26-16(13)22(21-11)12-7-5-4-6-8-12/h4-9,19H,10H2,1-3H3,(H,20,23)(H,24,25). The summed E-state index contributed by atoms with van der Waals surface area (Å²) in [5.41, 5.74) is 1.09. The number of para-hydroxylation sites is 1. The van der Waals surface area contributed by atoms with Gasteiger partial charge in [0.15, 0.2) is 0 Å². The Balaban J connectivity index is 1.87. The van der Waals surface area contributed by atoms with E-state index < -0.39 is 11.6 Å². The lowest BCUT2D eigenvalue weighted by atomic mass is 10.1. The first-order chi connectivity index (χ1) is 12.3. The van der Waals surface area contributed by atoms with Crippen molar-refractivity contribution in [2.75, 3.05) is 6.54 Å². The summed E-state index contributed by atoms with van der Waals surface area (Å²) in [6, 6.07) is 11.6. The number of thiophene rings is 1. The minimum Gasteiger partial charge on any atom is -0.465 e. The van der Waals surface area contributed by atoms with Gasteiger partial charge in [-0.25, -0.2) is 9.48 Å². The van der Waals surface area contributed by atoms with Gasteiger partial charge in [-0.1, -0.05) is 18.2 Å². The molecule has 3 aromatic rings. The van der Waals surface area contributed by atoms with E-state index in [9.17, 15) is 9.59 Å². The second-order valence-electron chi connectivity index (χ2n) is 6.66. The fourth-order valence-electron chi connectivity index (χ4n) is 2.61. The minimum atomic E-state index is -1.12. The van der Waals surface area contributed by atoms with Gasteiger partial charge in [0.1, 0.15) is 4.83 Å². The smallest absolute Gasteiger partial charge is 0.404 e. The van der Waals surface area contributed by atoms with Crippen molar-refractivity contribution in [2.45, 2.75) is 26.3 Å². The third-order valence-corrected chi connectivity index (χ3v) is 5.01. The van der Waals surface area contributed by atoms with Crippen molar-refractivity contribution in [1.82, 2.24) is 20.4 Å². The maximum atomic E-state index is 12.6. The van der Waals surface area contributed by atoms with Gasteiger partial charge >= 0.3 is 6.09 Å². The van der Waals surface area contributed by atoms with Crippen molar-refractivity contribution in [3.05, 3.63) is 47.0 Å². The van der Waals surface area contributed by atoms with Crippen LogP contribution in [0.2, 0.25) is 0 Å². The van der Waals surface area contributed by atoms with Gasteiger partial charge in [0.05, 0.1) is 21.8 Å². The summed E-state index contributed by atoms with van der Waals surface area (Å²) in [6.45, 7) is 5.57. The molecule has 2 aromatic heterocycles. The number of hydrogen-bond donors (Lipinski definition) is 3. The maximum Gasteiger partial charge on any atom is 0.404 e. The number of fused-ring (bicyclic) bond motifs is 1. The average Bonchev–Trinajstić information content (AvgIpc) is 3.15. The Morgan fingerprint density at radius 1 is 1.27 bits per heavy atom. The van der Waals surface area contributed by atoms with Crippen LogP contribution >= 0.6 is 11.3 Å². The van der Waals surface area contributed by atoms with Crippen LogP contribution in [0.3, 0.4) is 0 Å². The lowest BCUT2D eigenvalue weighted by Gasteiger charge is -2.25. The molecule has 0 bridgehead atoms. The molecule has 136 valence electrons. The molecule has 2 amide bonds. The molecule has 0 saturated carbocycles. The molecule has 0 saturated heterocycles. The zero-order valence-corrected chi connectivity index (χ0v) is 15.6. The zero-order chi connectivity index (χ0) is 18.9. The number of aromatic nitrogens is 2. The number of aryl methyl sites for hydroxylation is 1. The first-order valence-electron chi connectivity index (χ1n) is 8.11. The van der Waals surface area contributed by atoms with Crippen LogP contribution in [0.5, 0.6) is 0 Å². The number of hydrogen-bond acceptors (Lipinski definition) is 4. The molecule has 0 spiro atoms. The average molecular weight is 372 g/mol. The van der Waals surface area contributed by atoms with Gasteiger partial charge in [0, 0.05) is 11.9 Å². The number of rotatable bonds is 5. The SMILES string of the molecule is Cc1nn(-c2ccccc2)c2sc(C(=O)NC(C)(C)CNC(=O)O)cc12. The van der Waals surface area contributed by atoms with E-state index in [2.05, 4.69) is 15.7 Å². The number of benzene rings is 1. The lowest BCUT2D eigenvalue weighted by Crippen LogP contribution is -2.51. The largest absolute Gasteiger partial charge is 0.465 e. The second kappa shape index (κ2) is 6.80. The van der Waals surface area contributed by atoms with E-state index in [0.717, 1.165) is 21.6 Å².